The van der Waals surface area contributed by atoms with Crippen molar-refractivity contribution in [1.29, 1.82) is 0 Å². The molecule has 2 N–H and O–H groups in total. The maximum atomic E-state index is 11.8. The average molecular weight is 286 g/mol. The molecule has 0 aliphatic carbocycles. The van der Waals surface area contributed by atoms with E-state index in [4.69, 9.17) is 0 Å². The molecule has 1 rings (SSSR count). The SMILES string of the molecule is CCCCNC(=O)C(C)Sc1nnnn1CCNC. The summed E-state index contributed by atoms with van der Waals surface area (Å²) < 4.78 is 1.71. The largest absolute Gasteiger partial charge is 0.355 e. The van der Waals surface area contributed by atoms with Crippen LogP contribution in [0.2, 0.25) is 0 Å². The summed E-state index contributed by atoms with van der Waals surface area (Å²) in [6, 6.07) is 0. The van der Waals surface area contributed by atoms with Crippen LogP contribution >= 0.6 is 11.8 Å². The Balaban J connectivity index is 2.44. The normalized spacial score (nSPS) is 12.4. The van der Waals surface area contributed by atoms with E-state index in [1.807, 2.05) is 14.0 Å². The fourth-order valence-electron chi connectivity index (χ4n) is 1.38. The van der Waals surface area contributed by atoms with E-state index in [0.717, 1.165) is 25.9 Å². The first-order chi connectivity index (χ1) is 9.19. The predicted molar refractivity (Wildman–Crippen MR) is 75.0 cm³/mol. The Morgan fingerprint density at radius 2 is 2.26 bits per heavy atom. The predicted octanol–water partition coefficient (Wildman–Crippen LogP) is 0.289. The van der Waals surface area contributed by atoms with E-state index < -0.39 is 0 Å². The minimum absolute atomic E-state index is 0.0293. The summed E-state index contributed by atoms with van der Waals surface area (Å²) in [7, 11) is 1.88. The van der Waals surface area contributed by atoms with E-state index in [1.54, 1.807) is 4.68 Å². The molecule has 0 saturated heterocycles. The van der Waals surface area contributed by atoms with E-state index >= 15 is 0 Å². The van der Waals surface area contributed by atoms with Gasteiger partial charge in [-0.3, -0.25) is 4.79 Å². The molecule has 1 heterocycles. The molecule has 108 valence electrons. The number of aromatic nitrogens is 4. The molecule has 0 fully saturated rings. The lowest BCUT2D eigenvalue weighted by Crippen LogP contribution is -2.31. The van der Waals surface area contributed by atoms with Gasteiger partial charge >= 0.3 is 0 Å². The second kappa shape index (κ2) is 8.87. The molecule has 0 saturated carbocycles. The molecule has 0 spiro atoms. The molecule has 19 heavy (non-hydrogen) atoms. The summed E-state index contributed by atoms with van der Waals surface area (Å²) in [4.78, 5) is 11.8. The summed E-state index contributed by atoms with van der Waals surface area (Å²) in [5.41, 5.74) is 0. The highest BCUT2D eigenvalue weighted by atomic mass is 32.2. The zero-order valence-corrected chi connectivity index (χ0v) is 12.5. The quantitative estimate of drug-likeness (QED) is 0.501. The minimum Gasteiger partial charge on any atom is -0.355 e. The summed E-state index contributed by atoms with van der Waals surface area (Å²) in [5.74, 6) is 0.0293. The molecule has 1 atom stereocenters. The van der Waals surface area contributed by atoms with Crippen LogP contribution < -0.4 is 10.6 Å². The fraction of sp³-hybridized carbons (Fsp3) is 0.818. The Bertz CT molecular complexity index is 383. The first-order valence-corrected chi connectivity index (χ1v) is 7.42. The number of tetrazole rings is 1. The number of nitrogens with one attached hydrogen (secondary N) is 2. The molecule has 0 bridgehead atoms. The zero-order chi connectivity index (χ0) is 14.1. The van der Waals surface area contributed by atoms with Crippen molar-refractivity contribution in [2.75, 3.05) is 20.1 Å². The van der Waals surface area contributed by atoms with Crippen LogP contribution in [-0.4, -0.2) is 51.5 Å². The van der Waals surface area contributed by atoms with Crippen molar-refractivity contribution < 1.29 is 4.79 Å². The van der Waals surface area contributed by atoms with E-state index in [9.17, 15) is 4.79 Å². The number of thioether (sulfide) groups is 1. The highest BCUT2D eigenvalue weighted by molar-refractivity contribution is 8.00. The van der Waals surface area contributed by atoms with Crippen molar-refractivity contribution in [3.63, 3.8) is 0 Å². The van der Waals surface area contributed by atoms with Gasteiger partial charge in [-0.05, 0) is 30.8 Å². The van der Waals surface area contributed by atoms with Gasteiger partial charge in [0.1, 0.15) is 0 Å². The third-order valence-electron chi connectivity index (χ3n) is 2.55. The zero-order valence-electron chi connectivity index (χ0n) is 11.7. The van der Waals surface area contributed by atoms with Gasteiger partial charge in [-0.25, -0.2) is 4.68 Å². The molecule has 0 aliphatic heterocycles. The maximum absolute atomic E-state index is 11.8. The number of amides is 1. The maximum Gasteiger partial charge on any atom is 0.233 e. The third kappa shape index (κ3) is 5.56. The van der Waals surface area contributed by atoms with Gasteiger partial charge in [-0.15, -0.1) is 5.10 Å². The van der Waals surface area contributed by atoms with Gasteiger partial charge in [0.15, 0.2) is 0 Å². The number of carbonyl (C=O) groups is 1. The topological polar surface area (TPSA) is 84.7 Å². The summed E-state index contributed by atoms with van der Waals surface area (Å²) in [5, 5.41) is 17.9. The minimum atomic E-state index is -0.198. The molecule has 0 aromatic carbocycles. The Morgan fingerprint density at radius 1 is 1.47 bits per heavy atom. The standard InChI is InChI=1S/C11H22N6OS/c1-4-5-6-13-10(18)9(2)19-11-14-15-16-17(11)8-7-12-3/h9,12H,4-8H2,1-3H3,(H,13,18). The van der Waals surface area contributed by atoms with Crippen molar-refractivity contribution in [1.82, 2.24) is 30.8 Å². The van der Waals surface area contributed by atoms with Crippen LogP contribution in [0.3, 0.4) is 0 Å². The van der Waals surface area contributed by atoms with Gasteiger partial charge < -0.3 is 10.6 Å². The molecule has 0 radical (unpaired) electrons. The second-order valence-electron chi connectivity index (χ2n) is 4.19. The van der Waals surface area contributed by atoms with Gasteiger partial charge in [0, 0.05) is 13.1 Å². The molecule has 1 aromatic rings. The van der Waals surface area contributed by atoms with Gasteiger partial charge in [-0.1, -0.05) is 25.1 Å². The molecular formula is C11H22N6OS. The number of likely N-dealkylation sites (N-methyl/N-ethyl adjacent to an activating group) is 1. The Kier molecular flexibility index (Phi) is 7.42. The lowest BCUT2D eigenvalue weighted by Gasteiger charge is -2.11. The second-order valence-corrected chi connectivity index (χ2v) is 5.50. The molecule has 1 aromatic heterocycles. The van der Waals surface area contributed by atoms with Crippen LogP contribution in [0.25, 0.3) is 0 Å². The lowest BCUT2D eigenvalue weighted by molar-refractivity contribution is -0.120. The fourth-order valence-corrected chi connectivity index (χ4v) is 2.22. The van der Waals surface area contributed by atoms with Crippen LogP contribution in [0.5, 0.6) is 0 Å². The molecular weight excluding hydrogens is 264 g/mol. The summed E-state index contributed by atoms with van der Waals surface area (Å²) >= 11 is 1.38. The first-order valence-electron chi connectivity index (χ1n) is 6.54. The van der Waals surface area contributed by atoms with Crippen molar-refractivity contribution in [3.8, 4) is 0 Å². The summed E-state index contributed by atoms with van der Waals surface area (Å²) in [6.07, 6.45) is 2.08. The Labute approximate surface area is 117 Å². The Morgan fingerprint density at radius 3 is 2.95 bits per heavy atom. The van der Waals surface area contributed by atoms with E-state index in [0.29, 0.717) is 11.7 Å². The molecule has 1 amide bonds. The molecule has 0 aliphatic rings. The highest BCUT2D eigenvalue weighted by Crippen LogP contribution is 2.19. The number of hydrogen-bond donors (Lipinski definition) is 2. The van der Waals surface area contributed by atoms with Crippen LogP contribution in [-0.2, 0) is 11.3 Å². The van der Waals surface area contributed by atoms with Crippen molar-refractivity contribution in [3.05, 3.63) is 0 Å². The first kappa shape index (κ1) is 15.9. The van der Waals surface area contributed by atoms with Gasteiger partial charge in [0.05, 0.1) is 11.8 Å². The van der Waals surface area contributed by atoms with Crippen LogP contribution in [0.15, 0.2) is 5.16 Å². The van der Waals surface area contributed by atoms with Gasteiger partial charge in [-0.2, -0.15) is 0 Å². The monoisotopic (exact) mass is 286 g/mol. The number of rotatable bonds is 9. The lowest BCUT2D eigenvalue weighted by atomic mass is 10.3. The smallest absolute Gasteiger partial charge is 0.233 e. The van der Waals surface area contributed by atoms with E-state index in [2.05, 4.69) is 33.1 Å². The number of hydrogen-bond acceptors (Lipinski definition) is 6. The molecule has 7 nitrogen and oxygen atoms in total. The number of nitrogens with zero attached hydrogens (tertiary/aromatic N) is 4. The van der Waals surface area contributed by atoms with Crippen molar-refractivity contribution in [2.45, 2.75) is 43.6 Å². The average Bonchev–Trinajstić information content (AvgIpc) is 2.83. The molecule has 1 unspecified atom stereocenters. The van der Waals surface area contributed by atoms with Gasteiger partial charge in [0.25, 0.3) is 0 Å². The van der Waals surface area contributed by atoms with Crippen molar-refractivity contribution in [2.24, 2.45) is 0 Å². The number of unbranched alkanes of at least 4 members (excludes halogenated alkanes) is 1. The van der Waals surface area contributed by atoms with Crippen LogP contribution in [0.1, 0.15) is 26.7 Å². The van der Waals surface area contributed by atoms with Crippen molar-refractivity contribution >= 4 is 17.7 Å². The van der Waals surface area contributed by atoms with Crippen LogP contribution in [0, 0.1) is 0 Å². The highest BCUT2D eigenvalue weighted by Gasteiger charge is 2.17. The van der Waals surface area contributed by atoms with E-state index in [-0.39, 0.29) is 11.2 Å². The number of carbonyl (C=O) groups excluding carboxylic acids is 1. The molecule has 8 heteroatoms. The third-order valence-corrected chi connectivity index (χ3v) is 3.62. The van der Waals surface area contributed by atoms with Gasteiger partial charge in [0.2, 0.25) is 11.1 Å². The van der Waals surface area contributed by atoms with E-state index in [1.165, 1.54) is 11.8 Å². The Hall–Kier alpha value is -1.15. The van der Waals surface area contributed by atoms with Crippen LogP contribution in [0.4, 0.5) is 0 Å². The summed E-state index contributed by atoms with van der Waals surface area (Å²) in [6.45, 7) is 6.17.